The lowest BCUT2D eigenvalue weighted by molar-refractivity contribution is -0.148. The molecule has 6 heteroatoms. The van der Waals surface area contributed by atoms with Gasteiger partial charge in [-0.25, -0.2) is 0 Å². The summed E-state index contributed by atoms with van der Waals surface area (Å²) < 4.78 is 5.85. The summed E-state index contributed by atoms with van der Waals surface area (Å²) in [5, 5.41) is 3.00. The van der Waals surface area contributed by atoms with Gasteiger partial charge in [0.2, 0.25) is 0 Å². The third-order valence-electron chi connectivity index (χ3n) is 4.49. The van der Waals surface area contributed by atoms with Crippen LogP contribution in [0.4, 0.5) is 5.69 Å². The van der Waals surface area contributed by atoms with Crippen molar-refractivity contribution in [2.45, 2.75) is 38.3 Å². The molecule has 124 valence electrons. The number of hydrogen-bond donors (Lipinski definition) is 1. The second kappa shape index (κ2) is 6.07. The molecule has 0 aromatic heterocycles. The summed E-state index contributed by atoms with van der Waals surface area (Å²) in [7, 11) is 1.69. The maximum absolute atomic E-state index is 12.7. The van der Waals surface area contributed by atoms with Crippen molar-refractivity contribution in [2.24, 2.45) is 0 Å². The van der Waals surface area contributed by atoms with Crippen molar-refractivity contribution in [2.75, 3.05) is 23.5 Å². The lowest BCUT2D eigenvalue weighted by atomic mass is 9.98. The minimum Gasteiger partial charge on any atom is -0.466 e. The molecule has 0 aliphatic carbocycles. The Morgan fingerprint density at radius 3 is 2.78 bits per heavy atom. The first kappa shape index (κ1) is 16.2. The summed E-state index contributed by atoms with van der Waals surface area (Å²) in [6.45, 7) is 3.52. The normalized spacial score (nSPS) is 24.8. The molecule has 0 spiro atoms. The molecule has 1 unspecified atom stereocenters. The molecule has 23 heavy (non-hydrogen) atoms. The first-order valence-electron chi connectivity index (χ1n) is 7.88. The van der Waals surface area contributed by atoms with Gasteiger partial charge in [-0.3, -0.25) is 9.59 Å². The lowest BCUT2D eigenvalue weighted by Crippen LogP contribution is -2.62. The first-order chi connectivity index (χ1) is 10.9. The van der Waals surface area contributed by atoms with E-state index in [9.17, 15) is 9.59 Å². The standard InChI is InChI=1S/C17H22N2O3S/c1-11-4-5-14-13(10-11)19(3)16(21)17(2,22-14)15(20)18-12-6-8-23-9-7-12/h4-5,10,12H,6-9H2,1-3H3,(H,18,20). The van der Waals surface area contributed by atoms with Crippen LogP contribution in [0.25, 0.3) is 0 Å². The highest BCUT2D eigenvalue weighted by Crippen LogP contribution is 2.37. The molecule has 0 saturated carbocycles. The maximum Gasteiger partial charge on any atom is 0.280 e. The number of nitrogens with one attached hydrogen (secondary N) is 1. The predicted molar refractivity (Wildman–Crippen MR) is 92.1 cm³/mol. The van der Waals surface area contributed by atoms with E-state index in [1.165, 1.54) is 4.90 Å². The molecule has 2 aliphatic rings. The summed E-state index contributed by atoms with van der Waals surface area (Å²) in [4.78, 5) is 27.0. The van der Waals surface area contributed by atoms with Gasteiger partial charge in [0.05, 0.1) is 5.69 Å². The number of likely N-dealkylation sites (N-methyl/N-ethyl adjacent to an activating group) is 1. The largest absolute Gasteiger partial charge is 0.466 e. The van der Waals surface area contributed by atoms with Crippen molar-refractivity contribution >= 4 is 29.3 Å². The summed E-state index contributed by atoms with van der Waals surface area (Å²) in [6, 6.07) is 5.75. The number of anilines is 1. The summed E-state index contributed by atoms with van der Waals surface area (Å²) >= 11 is 1.90. The van der Waals surface area contributed by atoms with E-state index in [0.717, 1.165) is 29.9 Å². The number of amides is 2. The van der Waals surface area contributed by atoms with E-state index in [1.54, 1.807) is 14.0 Å². The lowest BCUT2D eigenvalue weighted by Gasteiger charge is -2.39. The Hall–Kier alpha value is -1.69. The van der Waals surface area contributed by atoms with Crippen LogP contribution in [0.2, 0.25) is 0 Å². The van der Waals surface area contributed by atoms with Crippen molar-refractivity contribution in [3.63, 3.8) is 0 Å². The van der Waals surface area contributed by atoms with E-state index in [4.69, 9.17) is 4.74 Å². The number of rotatable bonds is 2. The number of benzene rings is 1. The number of fused-ring (bicyclic) bond motifs is 1. The Morgan fingerprint density at radius 2 is 2.09 bits per heavy atom. The van der Waals surface area contributed by atoms with Gasteiger partial charge in [0.25, 0.3) is 17.4 Å². The van der Waals surface area contributed by atoms with E-state index in [2.05, 4.69) is 5.32 Å². The molecule has 5 nitrogen and oxygen atoms in total. The van der Waals surface area contributed by atoms with E-state index in [1.807, 2.05) is 36.9 Å². The highest BCUT2D eigenvalue weighted by molar-refractivity contribution is 7.99. The molecule has 0 radical (unpaired) electrons. The van der Waals surface area contributed by atoms with Gasteiger partial charge in [-0.2, -0.15) is 11.8 Å². The Kier molecular flexibility index (Phi) is 4.27. The Bertz CT molecular complexity index is 643. The monoisotopic (exact) mass is 334 g/mol. The molecule has 3 rings (SSSR count). The molecule has 1 fully saturated rings. The summed E-state index contributed by atoms with van der Waals surface area (Å²) in [5.41, 5.74) is 0.232. The van der Waals surface area contributed by atoms with Crippen LogP contribution in [-0.4, -0.2) is 42.0 Å². The quantitative estimate of drug-likeness (QED) is 0.842. The van der Waals surface area contributed by atoms with Crippen LogP contribution >= 0.6 is 11.8 Å². The van der Waals surface area contributed by atoms with Gasteiger partial charge in [-0.05, 0) is 55.9 Å². The molecule has 2 aliphatic heterocycles. The van der Waals surface area contributed by atoms with Gasteiger partial charge in [0.1, 0.15) is 5.75 Å². The molecule has 1 N–H and O–H groups in total. The van der Waals surface area contributed by atoms with Gasteiger partial charge in [0, 0.05) is 13.1 Å². The Morgan fingerprint density at radius 1 is 1.39 bits per heavy atom. The van der Waals surface area contributed by atoms with Gasteiger partial charge in [-0.15, -0.1) is 0 Å². The van der Waals surface area contributed by atoms with Gasteiger partial charge >= 0.3 is 0 Å². The van der Waals surface area contributed by atoms with Crippen molar-refractivity contribution < 1.29 is 14.3 Å². The molecule has 2 heterocycles. The molecule has 0 bridgehead atoms. The molecule has 1 saturated heterocycles. The van der Waals surface area contributed by atoms with Crippen LogP contribution in [0.3, 0.4) is 0 Å². The van der Waals surface area contributed by atoms with Crippen molar-refractivity contribution in [1.29, 1.82) is 0 Å². The van der Waals surface area contributed by atoms with Crippen LogP contribution in [-0.2, 0) is 9.59 Å². The van der Waals surface area contributed by atoms with E-state index >= 15 is 0 Å². The van der Waals surface area contributed by atoms with Gasteiger partial charge in [0.15, 0.2) is 0 Å². The van der Waals surface area contributed by atoms with E-state index in [0.29, 0.717) is 11.4 Å². The van der Waals surface area contributed by atoms with Crippen LogP contribution < -0.4 is 15.0 Å². The average Bonchev–Trinajstić information content (AvgIpc) is 2.54. The van der Waals surface area contributed by atoms with Crippen molar-refractivity contribution in [3.05, 3.63) is 23.8 Å². The third kappa shape index (κ3) is 2.92. The minimum atomic E-state index is -1.51. The smallest absolute Gasteiger partial charge is 0.280 e. The zero-order valence-electron chi connectivity index (χ0n) is 13.7. The fraction of sp³-hybridized carbons (Fsp3) is 0.529. The van der Waals surface area contributed by atoms with E-state index < -0.39 is 5.60 Å². The number of carbonyl (C=O) groups excluding carboxylic acids is 2. The van der Waals surface area contributed by atoms with Gasteiger partial charge < -0.3 is 15.0 Å². The van der Waals surface area contributed by atoms with E-state index in [-0.39, 0.29) is 17.9 Å². The molecular weight excluding hydrogens is 312 g/mol. The fourth-order valence-electron chi connectivity index (χ4n) is 2.98. The van der Waals surface area contributed by atoms with Crippen molar-refractivity contribution in [3.8, 4) is 5.75 Å². The highest BCUT2D eigenvalue weighted by Gasteiger charge is 2.50. The zero-order valence-corrected chi connectivity index (χ0v) is 14.5. The summed E-state index contributed by atoms with van der Waals surface area (Å²) in [6.07, 6.45) is 1.87. The average molecular weight is 334 g/mol. The SMILES string of the molecule is Cc1ccc2c(c1)N(C)C(=O)C(C)(C(=O)NC1CCSCC1)O2. The van der Waals surface area contributed by atoms with Crippen LogP contribution in [0, 0.1) is 6.92 Å². The third-order valence-corrected chi connectivity index (χ3v) is 5.54. The van der Waals surface area contributed by atoms with Crippen LogP contribution in [0.1, 0.15) is 25.3 Å². The highest BCUT2D eigenvalue weighted by atomic mass is 32.2. The maximum atomic E-state index is 12.7. The van der Waals surface area contributed by atoms with Crippen LogP contribution in [0.15, 0.2) is 18.2 Å². The Balaban J connectivity index is 1.84. The predicted octanol–water partition coefficient (Wildman–Crippen LogP) is 2.12. The fourth-order valence-corrected chi connectivity index (χ4v) is 4.08. The summed E-state index contributed by atoms with van der Waals surface area (Å²) in [5.74, 6) is 1.96. The number of ether oxygens (including phenoxy) is 1. The van der Waals surface area contributed by atoms with Gasteiger partial charge in [-0.1, -0.05) is 6.07 Å². The molecule has 1 aromatic rings. The number of aryl methyl sites for hydroxylation is 1. The molecule has 2 amide bonds. The molecular formula is C17H22N2O3S. The number of carbonyl (C=O) groups is 2. The zero-order chi connectivity index (χ0) is 16.6. The molecule has 1 atom stereocenters. The second-order valence-corrected chi connectivity index (χ2v) is 7.56. The van der Waals surface area contributed by atoms with Crippen molar-refractivity contribution in [1.82, 2.24) is 5.32 Å². The first-order valence-corrected chi connectivity index (χ1v) is 9.04. The second-order valence-electron chi connectivity index (χ2n) is 6.33. The minimum absolute atomic E-state index is 0.127. The Labute approximate surface area is 140 Å². The topological polar surface area (TPSA) is 58.6 Å². The van der Waals surface area contributed by atoms with Crippen LogP contribution in [0.5, 0.6) is 5.75 Å². The number of nitrogens with zero attached hydrogens (tertiary/aromatic N) is 1. The molecule has 1 aromatic carbocycles. The number of hydrogen-bond acceptors (Lipinski definition) is 4. The number of thioether (sulfide) groups is 1.